The van der Waals surface area contributed by atoms with Crippen molar-refractivity contribution >= 4 is 23.1 Å². The van der Waals surface area contributed by atoms with E-state index in [1.807, 2.05) is 18.3 Å². The van der Waals surface area contributed by atoms with E-state index in [4.69, 9.17) is 9.72 Å². The maximum Gasteiger partial charge on any atom is 0.413 e. The van der Waals surface area contributed by atoms with E-state index < -0.39 is 6.09 Å². The second kappa shape index (κ2) is 10.2. The number of pyridine rings is 1. The number of H-pyrrole nitrogens is 1. The SMILES string of the molecule is CCOC(=O)Nc1nc2c(-c3ncccn3)cc(-c3ccc(CN4CCN(C)CC4)nc3)cc2[nH]1. The summed E-state index contributed by atoms with van der Waals surface area (Å²) in [4.78, 5) is 38.0. The number of aromatic amines is 1. The monoisotopic (exact) mass is 472 g/mol. The van der Waals surface area contributed by atoms with E-state index in [2.05, 4.69) is 54.2 Å². The van der Waals surface area contributed by atoms with Gasteiger partial charge in [-0.3, -0.25) is 15.2 Å². The lowest BCUT2D eigenvalue weighted by Crippen LogP contribution is -2.43. The summed E-state index contributed by atoms with van der Waals surface area (Å²) >= 11 is 0. The number of fused-ring (bicyclic) bond motifs is 1. The number of carbonyl (C=O) groups is 1. The minimum Gasteiger partial charge on any atom is -0.450 e. The van der Waals surface area contributed by atoms with Gasteiger partial charge in [-0.1, -0.05) is 6.07 Å². The van der Waals surface area contributed by atoms with E-state index in [-0.39, 0.29) is 6.61 Å². The summed E-state index contributed by atoms with van der Waals surface area (Å²) in [6, 6.07) is 9.93. The van der Waals surface area contributed by atoms with Gasteiger partial charge in [-0.2, -0.15) is 0 Å². The average molecular weight is 473 g/mol. The standard InChI is InChI=1S/C25H28N8O2/c1-3-35-25(34)31-24-29-21-14-18(13-20(22(21)30-24)23-26-7-4-8-27-23)17-5-6-19(28-15-17)16-33-11-9-32(2)10-12-33/h4-8,13-15H,3,9-12,16H2,1-2H3,(H2,29,30,31,34). The lowest BCUT2D eigenvalue weighted by molar-refractivity contribution is 0.147. The molecule has 4 aromatic rings. The maximum absolute atomic E-state index is 11.9. The number of anilines is 1. The molecule has 4 heterocycles. The van der Waals surface area contributed by atoms with Crippen LogP contribution in [0.4, 0.5) is 10.7 Å². The number of piperazine rings is 1. The van der Waals surface area contributed by atoms with Gasteiger partial charge in [0.1, 0.15) is 5.52 Å². The second-order valence-electron chi connectivity index (χ2n) is 8.54. The number of likely N-dealkylation sites (N-methyl/N-ethyl adjacent to an activating group) is 1. The Morgan fingerprint density at radius 1 is 1.09 bits per heavy atom. The molecule has 0 unspecified atom stereocenters. The molecule has 10 nitrogen and oxygen atoms in total. The molecule has 1 aromatic carbocycles. The van der Waals surface area contributed by atoms with Gasteiger partial charge in [-0.25, -0.2) is 19.7 Å². The Kier molecular flexibility index (Phi) is 6.64. The number of rotatable bonds is 6. The number of nitrogens with one attached hydrogen (secondary N) is 2. The van der Waals surface area contributed by atoms with Crippen LogP contribution in [0, 0.1) is 0 Å². The summed E-state index contributed by atoms with van der Waals surface area (Å²) in [5.41, 5.74) is 5.14. The lowest BCUT2D eigenvalue weighted by atomic mass is 10.0. The van der Waals surface area contributed by atoms with Crippen LogP contribution in [-0.4, -0.2) is 80.6 Å². The van der Waals surface area contributed by atoms with Gasteiger partial charge in [0.05, 0.1) is 17.8 Å². The van der Waals surface area contributed by atoms with Gasteiger partial charge in [0.15, 0.2) is 5.82 Å². The number of carbonyl (C=O) groups excluding carboxylic acids is 1. The molecule has 0 saturated carbocycles. The molecule has 35 heavy (non-hydrogen) atoms. The normalized spacial score (nSPS) is 14.8. The van der Waals surface area contributed by atoms with Crippen molar-refractivity contribution in [2.75, 3.05) is 45.2 Å². The number of nitrogens with zero attached hydrogens (tertiary/aromatic N) is 6. The number of hydrogen-bond acceptors (Lipinski definition) is 8. The number of imidazole rings is 1. The second-order valence-corrected chi connectivity index (χ2v) is 8.54. The van der Waals surface area contributed by atoms with Crippen LogP contribution in [0.3, 0.4) is 0 Å². The zero-order valence-electron chi connectivity index (χ0n) is 19.9. The molecule has 1 amide bonds. The molecule has 1 aliphatic heterocycles. The van der Waals surface area contributed by atoms with Crippen molar-refractivity contribution in [3.63, 3.8) is 0 Å². The fraction of sp³-hybridized carbons (Fsp3) is 0.320. The highest BCUT2D eigenvalue weighted by molar-refractivity contribution is 5.96. The molecule has 0 radical (unpaired) electrons. The molecule has 5 rings (SSSR count). The van der Waals surface area contributed by atoms with Crippen molar-refractivity contribution in [2.24, 2.45) is 0 Å². The van der Waals surface area contributed by atoms with Crippen molar-refractivity contribution < 1.29 is 9.53 Å². The summed E-state index contributed by atoms with van der Waals surface area (Å²) in [6.45, 7) is 7.15. The van der Waals surface area contributed by atoms with Gasteiger partial charge in [0, 0.05) is 62.4 Å². The van der Waals surface area contributed by atoms with Crippen LogP contribution in [-0.2, 0) is 11.3 Å². The summed E-state index contributed by atoms with van der Waals surface area (Å²) < 4.78 is 4.97. The van der Waals surface area contributed by atoms with E-state index in [0.29, 0.717) is 17.3 Å². The van der Waals surface area contributed by atoms with Gasteiger partial charge in [0.2, 0.25) is 5.95 Å². The van der Waals surface area contributed by atoms with Crippen LogP contribution >= 0.6 is 0 Å². The highest BCUT2D eigenvalue weighted by atomic mass is 16.5. The van der Waals surface area contributed by atoms with E-state index in [9.17, 15) is 4.79 Å². The highest BCUT2D eigenvalue weighted by Gasteiger charge is 2.17. The fourth-order valence-corrected chi connectivity index (χ4v) is 4.14. The Hall–Kier alpha value is -3.89. The minimum absolute atomic E-state index is 0.275. The first-order chi connectivity index (χ1) is 17.1. The number of hydrogen-bond donors (Lipinski definition) is 2. The minimum atomic E-state index is -0.565. The predicted octanol–water partition coefficient (Wildman–Crippen LogP) is 3.40. The van der Waals surface area contributed by atoms with Crippen LogP contribution in [0.2, 0.25) is 0 Å². The fourth-order valence-electron chi connectivity index (χ4n) is 4.14. The lowest BCUT2D eigenvalue weighted by Gasteiger charge is -2.32. The molecule has 3 aromatic heterocycles. The van der Waals surface area contributed by atoms with Crippen LogP contribution < -0.4 is 5.32 Å². The molecule has 0 atom stereocenters. The van der Waals surface area contributed by atoms with Crippen LogP contribution in [0.25, 0.3) is 33.5 Å². The third-order valence-electron chi connectivity index (χ3n) is 6.03. The highest BCUT2D eigenvalue weighted by Crippen LogP contribution is 2.32. The van der Waals surface area contributed by atoms with Crippen molar-refractivity contribution in [3.05, 3.63) is 54.6 Å². The summed E-state index contributed by atoms with van der Waals surface area (Å²) in [5, 5.41) is 2.63. The first-order valence-electron chi connectivity index (χ1n) is 11.7. The van der Waals surface area contributed by atoms with Crippen LogP contribution in [0.15, 0.2) is 48.9 Å². The van der Waals surface area contributed by atoms with Crippen LogP contribution in [0.1, 0.15) is 12.6 Å². The topological polar surface area (TPSA) is 112 Å². The molecule has 1 fully saturated rings. The van der Waals surface area contributed by atoms with Gasteiger partial charge in [-0.15, -0.1) is 0 Å². The van der Waals surface area contributed by atoms with Gasteiger partial charge < -0.3 is 14.6 Å². The Morgan fingerprint density at radius 3 is 2.60 bits per heavy atom. The van der Waals surface area contributed by atoms with E-state index in [0.717, 1.165) is 60.6 Å². The van der Waals surface area contributed by atoms with Gasteiger partial charge in [0.25, 0.3) is 0 Å². The largest absolute Gasteiger partial charge is 0.450 e. The average Bonchev–Trinajstić information content (AvgIpc) is 3.28. The van der Waals surface area contributed by atoms with Crippen molar-refractivity contribution in [2.45, 2.75) is 13.5 Å². The van der Waals surface area contributed by atoms with E-state index in [1.54, 1.807) is 25.4 Å². The Bertz CT molecular complexity index is 1300. The maximum atomic E-state index is 11.9. The predicted molar refractivity (Wildman–Crippen MR) is 134 cm³/mol. The van der Waals surface area contributed by atoms with Gasteiger partial charge >= 0.3 is 6.09 Å². The van der Waals surface area contributed by atoms with E-state index in [1.165, 1.54) is 0 Å². The van der Waals surface area contributed by atoms with Gasteiger partial charge in [-0.05, 0) is 43.8 Å². The molecular formula is C25H28N8O2. The number of amides is 1. The van der Waals surface area contributed by atoms with E-state index >= 15 is 0 Å². The Balaban J connectivity index is 1.46. The molecule has 2 N–H and O–H groups in total. The van der Waals surface area contributed by atoms with Crippen molar-refractivity contribution in [3.8, 4) is 22.5 Å². The Morgan fingerprint density at radius 2 is 1.89 bits per heavy atom. The molecule has 0 bridgehead atoms. The molecule has 1 saturated heterocycles. The summed E-state index contributed by atoms with van der Waals surface area (Å²) in [6.07, 6.45) is 4.72. The summed E-state index contributed by atoms with van der Waals surface area (Å²) in [5.74, 6) is 0.849. The van der Waals surface area contributed by atoms with Crippen molar-refractivity contribution in [1.82, 2.24) is 34.7 Å². The molecule has 10 heteroatoms. The third kappa shape index (κ3) is 5.28. The quantitative estimate of drug-likeness (QED) is 0.439. The zero-order chi connectivity index (χ0) is 24.2. The Labute approximate surface area is 203 Å². The first kappa shape index (κ1) is 22.9. The smallest absolute Gasteiger partial charge is 0.413 e. The molecule has 0 aliphatic carbocycles. The molecule has 1 aliphatic rings. The number of aromatic nitrogens is 5. The number of benzene rings is 1. The molecular weight excluding hydrogens is 444 g/mol. The molecule has 180 valence electrons. The first-order valence-corrected chi connectivity index (χ1v) is 11.7. The number of ether oxygens (including phenoxy) is 1. The molecule has 0 spiro atoms. The summed E-state index contributed by atoms with van der Waals surface area (Å²) in [7, 11) is 2.16. The third-order valence-corrected chi connectivity index (χ3v) is 6.03. The zero-order valence-corrected chi connectivity index (χ0v) is 19.9. The van der Waals surface area contributed by atoms with Crippen molar-refractivity contribution in [1.29, 1.82) is 0 Å². The van der Waals surface area contributed by atoms with Crippen LogP contribution in [0.5, 0.6) is 0 Å².